The summed E-state index contributed by atoms with van der Waals surface area (Å²) in [6.45, 7) is 1.02. The lowest BCUT2D eigenvalue weighted by molar-refractivity contribution is -0.121. The molecule has 3 aromatic rings. The number of carbonyl (C=O) groups excluding carboxylic acids is 2. The number of hydrogen-bond donors (Lipinski definition) is 2. The summed E-state index contributed by atoms with van der Waals surface area (Å²) >= 11 is 0. The van der Waals surface area contributed by atoms with Crippen molar-refractivity contribution in [1.82, 2.24) is 20.4 Å². The van der Waals surface area contributed by atoms with Crippen LogP contribution >= 0.6 is 0 Å². The van der Waals surface area contributed by atoms with Crippen LogP contribution < -0.4 is 15.4 Å². The van der Waals surface area contributed by atoms with Gasteiger partial charge in [0.15, 0.2) is 0 Å². The molecule has 0 spiro atoms. The molecule has 2 aromatic carbocycles. The maximum Gasteiger partial charge on any atom is 0.255 e. The number of methoxy groups -OCH3 is 1. The van der Waals surface area contributed by atoms with E-state index >= 15 is 0 Å². The summed E-state index contributed by atoms with van der Waals surface area (Å²) in [7, 11) is 1.60. The van der Waals surface area contributed by atoms with E-state index in [0.29, 0.717) is 25.1 Å². The zero-order chi connectivity index (χ0) is 20.9. The summed E-state index contributed by atoms with van der Waals surface area (Å²) in [5.41, 5.74) is 3.35. The standard InChI is InChI=1S/C23H24N4O3/c1-30-19-9-5-8-17(10-19)11-22(28)26-18-12-21-20(14-25-27(21)15-18)23(29)24-13-16-6-3-2-4-7-16/h2-10,14,18H,11-13,15H2,1H3,(H,24,29)(H,26,28). The minimum atomic E-state index is -0.150. The average Bonchev–Trinajstić information content (AvgIpc) is 3.33. The number of carbonyl (C=O) groups is 2. The first-order valence-electron chi connectivity index (χ1n) is 9.91. The molecule has 2 heterocycles. The normalized spacial score (nSPS) is 14.8. The van der Waals surface area contributed by atoms with E-state index in [2.05, 4.69) is 15.7 Å². The Labute approximate surface area is 175 Å². The number of rotatable bonds is 7. The molecule has 0 saturated carbocycles. The Hall–Kier alpha value is -3.61. The third-order valence-corrected chi connectivity index (χ3v) is 5.19. The molecule has 1 aliphatic heterocycles. The highest BCUT2D eigenvalue weighted by Gasteiger charge is 2.28. The van der Waals surface area contributed by atoms with Gasteiger partial charge in [-0.2, -0.15) is 5.10 Å². The van der Waals surface area contributed by atoms with Crippen molar-refractivity contribution in [3.63, 3.8) is 0 Å². The van der Waals surface area contributed by atoms with Gasteiger partial charge >= 0.3 is 0 Å². The molecule has 1 aromatic heterocycles. The molecule has 7 nitrogen and oxygen atoms in total. The van der Waals surface area contributed by atoms with Gasteiger partial charge in [0, 0.05) is 13.0 Å². The van der Waals surface area contributed by atoms with Crippen LogP contribution in [0.4, 0.5) is 0 Å². The van der Waals surface area contributed by atoms with E-state index in [1.807, 2.05) is 54.6 Å². The fraction of sp³-hybridized carbons (Fsp3) is 0.261. The van der Waals surface area contributed by atoms with Crippen molar-refractivity contribution in [2.45, 2.75) is 32.0 Å². The van der Waals surface area contributed by atoms with Crippen LogP contribution in [-0.2, 0) is 30.7 Å². The Morgan fingerprint density at radius 1 is 1.13 bits per heavy atom. The molecule has 0 fully saturated rings. The molecule has 0 saturated heterocycles. The monoisotopic (exact) mass is 404 g/mol. The Balaban J connectivity index is 1.33. The molecule has 7 heteroatoms. The molecule has 2 amide bonds. The van der Waals surface area contributed by atoms with Crippen molar-refractivity contribution in [3.05, 3.63) is 83.2 Å². The van der Waals surface area contributed by atoms with E-state index in [-0.39, 0.29) is 24.3 Å². The highest BCUT2D eigenvalue weighted by atomic mass is 16.5. The van der Waals surface area contributed by atoms with Gasteiger partial charge in [0.25, 0.3) is 5.91 Å². The predicted molar refractivity (Wildman–Crippen MR) is 112 cm³/mol. The zero-order valence-electron chi connectivity index (χ0n) is 16.8. The van der Waals surface area contributed by atoms with Gasteiger partial charge in [-0.3, -0.25) is 14.3 Å². The minimum absolute atomic E-state index is 0.0610. The van der Waals surface area contributed by atoms with E-state index < -0.39 is 0 Å². The number of amides is 2. The zero-order valence-corrected chi connectivity index (χ0v) is 16.8. The van der Waals surface area contributed by atoms with Crippen LogP contribution in [0.25, 0.3) is 0 Å². The van der Waals surface area contributed by atoms with E-state index in [1.165, 1.54) is 0 Å². The van der Waals surface area contributed by atoms with E-state index in [9.17, 15) is 9.59 Å². The lowest BCUT2D eigenvalue weighted by Crippen LogP contribution is -2.37. The van der Waals surface area contributed by atoms with Crippen LogP contribution in [0.3, 0.4) is 0 Å². The fourth-order valence-corrected chi connectivity index (χ4v) is 3.70. The van der Waals surface area contributed by atoms with Crippen molar-refractivity contribution in [2.24, 2.45) is 0 Å². The van der Waals surface area contributed by atoms with Crippen LogP contribution in [-0.4, -0.2) is 34.7 Å². The number of benzene rings is 2. The summed E-state index contributed by atoms with van der Waals surface area (Å²) in [5, 5.41) is 10.3. The van der Waals surface area contributed by atoms with Crippen LogP contribution in [0, 0.1) is 0 Å². The smallest absolute Gasteiger partial charge is 0.255 e. The van der Waals surface area contributed by atoms with Gasteiger partial charge in [-0.25, -0.2) is 0 Å². The third kappa shape index (κ3) is 4.51. The van der Waals surface area contributed by atoms with Gasteiger partial charge in [0.2, 0.25) is 5.91 Å². The van der Waals surface area contributed by atoms with E-state index in [1.54, 1.807) is 18.0 Å². The Kier molecular flexibility index (Phi) is 5.79. The molecule has 4 rings (SSSR count). The minimum Gasteiger partial charge on any atom is -0.497 e. The molecule has 1 atom stereocenters. The first-order chi connectivity index (χ1) is 14.6. The first kappa shape index (κ1) is 19.7. The highest BCUT2D eigenvalue weighted by molar-refractivity contribution is 5.95. The molecule has 0 radical (unpaired) electrons. The number of fused-ring (bicyclic) bond motifs is 1. The predicted octanol–water partition coefficient (Wildman–Crippen LogP) is 2.11. The van der Waals surface area contributed by atoms with Crippen LogP contribution in [0.1, 0.15) is 27.2 Å². The lowest BCUT2D eigenvalue weighted by Gasteiger charge is -2.12. The SMILES string of the molecule is COc1cccc(CC(=O)NC2Cc3c(C(=O)NCc4ccccc4)cnn3C2)c1. The fourth-order valence-electron chi connectivity index (χ4n) is 3.70. The quantitative estimate of drug-likeness (QED) is 0.632. The summed E-state index contributed by atoms with van der Waals surface area (Å²) in [4.78, 5) is 25.1. The average molecular weight is 404 g/mol. The van der Waals surface area contributed by atoms with Crippen molar-refractivity contribution in [2.75, 3.05) is 7.11 Å². The van der Waals surface area contributed by atoms with Gasteiger partial charge in [-0.05, 0) is 23.3 Å². The van der Waals surface area contributed by atoms with Gasteiger partial charge < -0.3 is 15.4 Å². The molecule has 154 valence electrons. The Bertz CT molecular complexity index is 1050. The molecule has 1 aliphatic rings. The van der Waals surface area contributed by atoms with Crippen LogP contribution in [0.15, 0.2) is 60.8 Å². The number of nitrogens with zero attached hydrogens (tertiary/aromatic N) is 2. The maximum absolute atomic E-state index is 12.6. The molecule has 0 aliphatic carbocycles. The second kappa shape index (κ2) is 8.82. The number of ether oxygens (including phenoxy) is 1. The maximum atomic E-state index is 12.6. The number of aromatic nitrogens is 2. The summed E-state index contributed by atoms with van der Waals surface area (Å²) in [5.74, 6) is 0.519. The van der Waals surface area contributed by atoms with Crippen molar-refractivity contribution >= 4 is 11.8 Å². The second-order valence-corrected chi connectivity index (χ2v) is 7.35. The van der Waals surface area contributed by atoms with Gasteiger partial charge in [-0.15, -0.1) is 0 Å². The van der Waals surface area contributed by atoms with Gasteiger partial charge in [-0.1, -0.05) is 42.5 Å². The van der Waals surface area contributed by atoms with Crippen molar-refractivity contribution in [3.8, 4) is 5.75 Å². The molecule has 0 bridgehead atoms. The second-order valence-electron chi connectivity index (χ2n) is 7.35. The van der Waals surface area contributed by atoms with E-state index in [4.69, 9.17) is 4.74 Å². The van der Waals surface area contributed by atoms with Crippen LogP contribution in [0.2, 0.25) is 0 Å². The molecule has 30 heavy (non-hydrogen) atoms. The van der Waals surface area contributed by atoms with Gasteiger partial charge in [0.05, 0.1) is 43.6 Å². The van der Waals surface area contributed by atoms with Gasteiger partial charge in [0.1, 0.15) is 5.75 Å². The summed E-state index contributed by atoms with van der Waals surface area (Å²) in [6, 6.07) is 17.2. The summed E-state index contributed by atoms with van der Waals surface area (Å²) in [6.07, 6.45) is 2.46. The highest BCUT2D eigenvalue weighted by Crippen LogP contribution is 2.19. The Morgan fingerprint density at radius 2 is 1.93 bits per heavy atom. The molecule has 1 unspecified atom stereocenters. The lowest BCUT2D eigenvalue weighted by atomic mass is 10.1. The van der Waals surface area contributed by atoms with E-state index in [0.717, 1.165) is 22.6 Å². The molecular formula is C23H24N4O3. The Morgan fingerprint density at radius 3 is 2.73 bits per heavy atom. The third-order valence-electron chi connectivity index (χ3n) is 5.19. The summed E-state index contributed by atoms with van der Waals surface area (Å²) < 4.78 is 7.00. The van der Waals surface area contributed by atoms with Crippen LogP contribution in [0.5, 0.6) is 5.75 Å². The largest absolute Gasteiger partial charge is 0.497 e. The van der Waals surface area contributed by atoms with Crippen molar-refractivity contribution < 1.29 is 14.3 Å². The molecular weight excluding hydrogens is 380 g/mol. The first-order valence-corrected chi connectivity index (χ1v) is 9.91. The topological polar surface area (TPSA) is 85.2 Å². The molecule has 2 N–H and O–H groups in total. The van der Waals surface area contributed by atoms with Crippen molar-refractivity contribution in [1.29, 1.82) is 0 Å². The number of hydrogen-bond acceptors (Lipinski definition) is 4. The number of nitrogens with one attached hydrogen (secondary N) is 2.